The molecule has 0 radical (unpaired) electrons. The number of nitrogens with zero attached hydrogens (tertiary/aromatic N) is 1. The van der Waals surface area contributed by atoms with Gasteiger partial charge in [-0.2, -0.15) is 16.7 Å². The molecule has 0 saturated heterocycles. The second-order valence-corrected chi connectivity index (χ2v) is 6.31. The fraction of sp³-hybridized carbons (Fsp3) is 0.667. The van der Waals surface area contributed by atoms with E-state index in [9.17, 15) is 0 Å². The second kappa shape index (κ2) is 8.25. The Kier molecular flexibility index (Phi) is 6.30. The van der Waals surface area contributed by atoms with Crippen LogP contribution in [0.15, 0.2) is 12.1 Å². The van der Waals surface area contributed by atoms with Crippen molar-refractivity contribution in [2.75, 3.05) is 36.2 Å². The number of hydrogen-bond acceptors (Lipinski definition) is 5. The van der Waals surface area contributed by atoms with E-state index in [1.165, 1.54) is 37.9 Å². The van der Waals surface area contributed by atoms with Gasteiger partial charge in [-0.1, -0.05) is 6.42 Å². The molecule has 2 rings (SSSR count). The molecule has 1 aromatic heterocycles. The molecule has 0 spiro atoms. The number of anilines is 2. The van der Waals surface area contributed by atoms with Gasteiger partial charge in [-0.15, -0.1) is 0 Å². The first-order valence-corrected chi connectivity index (χ1v) is 8.81. The summed E-state index contributed by atoms with van der Waals surface area (Å²) in [6, 6.07) is 3.78. The van der Waals surface area contributed by atoms with Crippen LogP contribution in [0.3, 0.4) is 0 Å². The van der Waals surface area contributed by atoms with Crippen LogP contribution in [0.25, 0.3) is 0 Å². The van der Waals surface area contributed by atoms with Crippen molar-refractivity contribution < 1.29 is 4.74 Å². The van der Waals surface area contributed by atoms with Crippen LogP contribution in [-0.2, 0) is 0 Å². The van der Waals surface area contributed by atoms with Crippen molar-refractivity contribution >= 4 is 23.3 Å². The first-order chi connectivity index (χ1) is 9.79. The number of unbranched alkanes of at least 4 members (excludes halogenated alkanes) is 2. The molecular weight excluding hydrogens is 270 g/mol. The van der Waals surface area contributed by atoms with E-state index < -0.39 is 0 Å². The van der Waals surface area contributed by atoms with E-state index in [-0.39, 0.29) is 0 Å². The molecule has 20 heavy (non-hydrogen) atoms. The zero-order valence-corrected chi connectivity index (χ0v) is 13.0. The molecule has 1 saturated carbocycles. The van der Waals surface area contributed by atoms with E-state index in [0.717, 1.165) is 19.0 Å². The van der Waals surface area contributed by atoms with E-state index in [1.807, 2.05) is 23.9 Å². The maximum Gasteiger partial charge on any atom is 0.239 e. The molecule has 1 heterocycles. The van der Waals surface area contributed by atoms with Crippen molar-refractivity contribution in [2.45, 2.75) is 32.1 Å². The molecule has 0 atom stereocenters. The largest absolute Gasteiger partial charge is 0.476 e. The lowest BCUT2D eigenvalue weighted by molar-refractivity contribution is 0.290. The van der Waals surface area contributed by atoms with E-state index in [1.54, 1.807) is 0 Å². The van der Waals surface area contributed by atoms with Crippen LogP contribution < -0.4 is 15.8 Å². The van der Waals surface area contributed by atoms with Crippen LogP contribution in [-0.4, -0.2) is 30.1 Å². The molecule has 3 N–H and O–H groups in total. The number of aromatic nitrogens is 1. The molecule has 0 bridgehead atoms. The topological polar surface area (TPSA) is 60.2 Å². The molecule has 1 aliphatic carbocycles. The molecule has 112 valence electrons. The van der Waals surface area contributed by atoms with E-state index in [0.29, 0.717) is 17.5 Å². The summed E-state index contributed by atoms with van der Waals surface area (Å²) in [7, 11) is 0. The number of rotatable bonds is 10. The second-order valence-electron chi connectivity index (χ2n) is 5.33. The highest BCUT2D eigenvalue weighted by Gasteiger charge is 2.22. The first kappa shape index (κ1) is 15.3. The Balaban J connectivity index is 1.71. The molecule has 1 aliphatic rings. The fourth-order valence-corrected chi connectivity index (χ4v) is 2.40. The molecule has 4 nitrogen and oxygen atoms in total. The van der Waals surface area contributed by atoms with Gasteiger partial charge in [0.05, 0.1) is 12.3 Å². The summed E-state index contributed by atoms with van der Waals surface area (Å²) >= 11 is 1.91. The lowest BCUT2D eigenvalue weighted by atomic mass is 10.2. The Labute approximate surface area is 125 Å². The molecule has 0 aliphatic heterocycles. The highest BCUT2D eigenvalue weighted by molar-refractivity contribution is 7.98. The molecule has 0 unspecified atom stereocenters. The average Bonchev–Trinajstić information content (AvgIpc) is 3.27. The quantitative estimate of drug-likeness (QED) is 0.648. The van der Waals surface area contributed by atoms with Crippen molar-refractivity contribution in [1.29, 1.82) is 0 Å². The van der Waals surface area contributed by atoms with Gasteiger partial charge in [-0.25, -0.2) is 0 Å². The Bertz CT molecular complexity index is 410. The zero-order valence-electron chi connectivity index (χ0n) is 12.2. The molecular formula is C15H25N3OS. The number of nitrogen functional groups attached to an aromatic ring is 1. The lowest BCUT2D eigenvalue weighted by Gasteiger charge is -2.10. The molecule has 5 heteroatoms. The minimum absolute atomic E-state index is 0.573. The molecule has 0 aromatic carbocycles. The maximum atomic E-state index is 5.89. The van der Waals surface area contributed by atoms with E-state index in [4.69, 9.17) is 10.5 Å². The summed E-state index contributed by atoms with van der Waals surface area (Å²) < 4.78 is 5.68. The first-order valence-electron chi connectivity index (χ1n) is 7.41. The van der Waals surface area contributed by atoms with Crippen LogP contribution in [0, 0.1) is 5.92 Å². The Morgan fingerprint density at radius 3 is 2.95 bits per heavy atom. The standard InChI is InChI=1S/C15H25N3OS/c1-20-10-4-2-3-9-17-14-8-7-13(16)15(18-14)19-11-12-5-6-12/h7-8,12H,2-6,9-11,16H2,1H3,(H,17,18). The lowest BCUT2D eigenvalue weighted by Crippen LogP contribution is -2.07. The van der Waals surface area contributed by atoms with Gasteiger partial charge in [0.25, 0.3) is 0 Å². The van der Waals surface area contributed by atoms with Crippen molar-refractivity contribution in [3.63, 3.8) is 0 Å². The number of hydrogen-bond donors (Lipinski definition) is 2. The normalized spacial score (nSPS) is 14.2. The van der Waals surface area contributed by atoms with Crippen LogP contribution in [0.1, 0.15) is 32.1 Å². The van der Waals surface area contributed by atoms with Crippen LogP contribution in [0.4, 0.5) is 11.5 Å². The van der Waals surface area contributed by atoms with Gasteiger partial charge < -0.3 is 15.8 Å². The predicted octanol–water partition coefficient (Wildman–Crippen LogP) is 3.40. The molecule has 1 fully saturated rings. The van der Waals surface area contributed by atoms with Gasteiger partial charge in [0.15, 0.2) is 0 Å². The van der Waals surface area contributed by atoms with Crippen molar-refractivity contribution in [3.8, 4) is 5.88 Å². The van der Waals surface area contributed by atoms with E-state index >= 15 is 0 Å². The van der Waals surface area contributed by atoms with Crippen LogP contribution in [0.2, 0.25) is 0 Å². The van der Waals surface area contributed by atoms with E-state index in [2.05, 4.69) is 16.6 Å². The fourth-order valence-electron chi connectivity index (χ4n) is 1.91. The summed E-state index contributed by atoms with van der Waals surface area (Å²) in [6.07, 6.45) is 8.41. The van der Waals surface area contributed by atoms with Gasteiger partial charge in [-0.05, 0) is 55.7 Å². The minimum Gasteiger partial charge on any atom is -0.476 e. The number of ether oxygens (including phenoxy) is 1. The van der Waals surface area contributed by atoms with Gasteiger partial charge in [0.2, 0.25) is 5.88 Å². The highest BCUT2D eigenvalue weighted by atomic mass is 32.2. The molecule has 0 amide bonds. The minimum atomic E-state index is 0.573. The van der Waals surface area contributed by atoms with Gasteiger partial charge in [0, 0.05) is 6.54 Å². The summed E-state index contributed by atoms with van der Waals surface area (Å²) in [4.78, 5) is 4.44. The third-order valence-electron chi connectivity index (χ3n) is 3.37. The Morgan fingerprint density at radius 1 is 1.35 bits per heavy atom. The number of thioether (sulfide) groups is 1. The Hall–Kier alpha value is -1.10. The summed E-state index contributed by atoms with van der Waals surface area (Å²) in [5, 5.41) is 3.34. The monoisotopic (exact) mass is 295 g/mol. The summed E-state index contributed by atoms with van der Waals surface area (Å²) in [6.45, 7) is 1.70. The number of nitrogens with one attached hydrogen (secondary N) is 1. The number of pyridine rings is 1. The predicted molar refractivity (Wildman–Crippen MR) is 87.6 cm³/mol. The third kappa shape index (κ3) is 5.49. The SMILES string of the molecule is CSCCCCCNc1ccc(N)c(OCC2CC2)n1. The van der Waals surface area contributed by atoms with Crippen LogP contribution in [0.5, 0.6) is 5.88 Å². The van der Waals surface area contributed by atoms with Crippen molar-refractivity contribution in [2.24, 2.45) is 5.92 Å². The van der Waals surface area contributed by atoms with Gasteiger partial charge >= 0.3 is 0 Å². The molecule has 1 aromatic rings. The van der Waals surface area contributed by atoms with Crippen molar-refractivity contribution in [1.82, 2.24) is 4.98 Å². The van der Waals surface area contributed by atoms with Gasteiger partial charge in [-0.3, -0.25) is 0 Å². The third-order valence-corrected chi connectivity index (χ3v) is 4.07. The summed E-state index contributed by atoms with van der Waals surface area (Å²) in [5.74, 6) is 3.39. The van der Waals surface area contributed by atoms with Crippen LogP contribution >= 0.6 is 11.8 Å². The maximum absolute atomic E-state index is 5.89. The van der Waals surface area contributed by atoms with Crippen molar-refractivity contribution in [3.05, 3.63) is 12.1 Å². The zero-order chi connectivity index (χ0) is 14.2. The highest BCUT2D eigenvalue weighted by Crippen LogP contribution is 2.30. The number of nitrogens with two attached hydrogens (primary N) is 1. The van der Waals surface area contributed by atoms with Gasteiger partial charge in [0.1, 0.15) is 5.82 Å². The smallest absolute Gasteiger partial charge is 0.239 e. The average molecular weight is 295 g/mol. The summed E-state index contributed by atoms with van der Waals surface area (Å²) in [5.41, 5.74) is 6.51. The Morgan fingerprint density at radius 2 is 2.20 bits per heavy atom.